The molecule has 1 aromatic rings. The number of benzene rings is 1. The number of hydrogen-bond acceptors (Lipinski definition) is 2. The summed E-state index contributed by atoms with van der Waals surface area (Å²) in [4.78, 5) is 13.9. The summed E-state index contributed by atoms with van der Waals surface area (Å²) in [5, 5.41) is 0.259. The number of rotatable bonds is 5. The average molecular weight is 289 g/mol. The number of thiocarbonyl (C=S) groups is 1. The zero-order valence-electron chi connectivity index (χ0n) is 9.95. The number of carbonyl (C=O) groups is 1. The SMILES string of the molecule is CCN(CCC(N)=S)C(=O)c1ccc(Cl)cc1F. The van der Waals surface area contributed by atoms with Crippen LogP contribution in [0.25, 0.3) is 0 Å². The monoisotopic (exact) mass is 288 g/mol. The molecule has 0 radical (unpaired) electrons. The Kier molecular flexibility index (Phi) is 5.50. The van der Waals surface area contributed by atoms with Crippen molar-refractivity contribution in [3.8, 4) is 0 Å². The van der Waals surface area contributed by atoms with E-state index in [0.29, 0.717) is 24.5 Å². The van der Waals surface area contributed by atoms with Gasteiger partial charge in [0.05, 0.1) is 10.6 Å². The lowest BCUT2D eigenvalue weighted by Crippen LogP contribution is -2.34. The van der Waals surface area contributed by atoms with Gasteiger partial charge in [-0.2, -0.15) is 0 Å². The molecule has 0 atom stereocenters. The first-order valence-electron chi connectivity index (χ1n) is 5.48. The van der Waals surface area contributed by atoms with Crippen LogP contribution in [0.5, 0.6) is 0 Å². The fourth-order valence-electron chi connectivity index (χ4n) is 1.48. The molecule has 0 aromatic heterocycles. The first kappa shape index (κ1) is 14.9. The molecule has 0 aliphatic heterocycles. The molecule has 1 amide bonds. The van der Waals surface area contributed by atoms with Crippen LogP contribution < -0.4 is 5.73 Å². The van der Waals surface area contributed by atoms with Crippen LogP contribution in [0.4, 0.5) is 4.39 Å². The standard InChI is InChI=1S/C12H14ClFN2OS/c1-2-16(6-5-11(15)18)12(17)9-4-3-8(13)7-10(9)14/h3-4,7H,2,5-6H2,1H3,(H2,15,18). The molecule has 0 bridgehead atoms. The van der Waals surface area contributed by atoms with Gasteiger partial charge in [0.1, 0.15) is 5.82 Å². The fourth-order valence-corrected chi connectivity index (χ4v) is 1.73. The van der Waals surface area contributed by atoms with Crippen molar-refractivity contribution in [3.63, 3.8) is 0 Å². The molecule has 0 saturated heterocycles. The Bertz CT molecular complexity index is 467. The van der Waals surface area contributed by atoms with Crippen molar-refractivity contribution < 1.29 is 9.18 Å². The molecular weight excluding hydrogens is 275 g/mol. The zero-order valence-corrected chi connectivity index (χ0v) is 11.5. The van der Waals surface area contributed by atoms with Crippen LogP contribution in [-0.2, 0) is 0 Å². The molecular formula is C12H14ClFN2OS. The number of carbonyl (C=O) groups excluding carboxylic acids is 1. The predicted octanol–water partition coefficient (Wildman–Crippen LogP) is 2.62. The molecule has 98 valence electrons. The summed E-state index contributed by atoms with van der Waals surface area (Å²) in [6.07, 6.45) is 0.421. The third-order valence-electron chi connectivity index (χ3n) is 2.46. The Morgan fingerprint density at radius 1 is 1.56 bits per heavy atom. The average Bonchev–Trinajstić information content (AvgIpc) is 2.29. The second-order valence-electron chi connectivity index (χ2n) is 3.73. The van der Waals surface area contributed by atoms with Crippen molar-refractivity contribution in [2.24, 2.45) is 5.73 Å². The van der Waals surface area contributed by atoms with Gasteiger partial charge in [-0.15, -0.1) is 0 Å². The molecule has 1 rings (SSSR count). The van der Waals surface area contributed by atoms with Crippen LogP contribution in [0.3, 0.4) is 0 Å². The molecule has 18 heavy (non-hydrogen) atoms. The number of nitrogens with zero attached hydrogens (tertiary/aromatic N) is 1. The maximum Gasteiger partial charge on any atom is 0.256 e. The fraction of sp³-hybridized carbons (Fsp3) is 0.333. The van der Waals surface area contributed by atoms with Gasteiger partial charge in [-0.3, -0.25) is 4.79 Å². The Balaban J connectivity index is 2.86. The number of halogens is 2. The Labute approximate surface area is 116 Å². The molecule has 0 saturated carbocycles. The van der Waals surface area contributed by atoms with E-state index in [9.17, 15) is 9.18 Å². The predicted molar refractivity (Wildman–Crippen MR) is 74.4 cm³/mol. The quantitative estimate of drug-likeness (QED) is 0.847. The molecule has 6 heteroatoms. The van der Waals surface area contributed by atoms with Crippen LogP contribution in [0, 0.1) is 5.82 Å². The molecule has 0 aliphatic rings. The summed E-state index contributed by atoms with van der Waals surface area (Å²) in [6, 6.07) is 3.99. The Morgan fingerprint density at radius 2 is 2.22 bits per heavy atom. The van der Waals surface area contributed by atoms with Crippen LogP contribution in [0.1, 0.15) is 23.7 Å². The van der Waals surface area contributed by atoms with Crippen molar-refractivity contribution in [2.45, 2.75) is 13.3 Å². The Morgan fingerprint density at radius 3 is 2.72 bits per heavy atom. The van der Waals surface area contributed by atoms with Gasteiger partial charge in [0.2, 0.25) is 0 Å². The Hall–Kier alpha value is -1.20. The van der Waals surface area contributed by atoms with Gasteiger partial charge < -0.3 is 10.6 Å². The van der Waals surface area contributed by atoms with Crippen LogP contribution >= 0.6 is 23.8 Å². The van der Waals surface area contributed by atoms with Crippen molar-refractivity contribution in [1.29, 1.82) is 0 Å². The van der Waals surface area contributed by atoms with E-state index < -0.39 is 5.82 Å². The van der Waals surface area contributed by atoms with Gasteiger partial charge in [0.15, 0.2) is 0 Å². The highest BCUT2D eigenvalue weighted by Crippen LogP contribution is 2.16. The van der Waals surface area contributed by atoms with Crippen molar-refractivity contribution in [1.82, 2.24) is 4.90 Å². The summed E-state index contributed by atoms with van der Waals surface area (Å²) in [6.45, 7) is 2.65. The second kappa shape index (κ2) is 6.66. The molecule has 1 aromatic carbocycles. The maximum atomic E-state index is 13.6. The molecule has 0 aliphatic carbocycles. The van der Waals surface area contributed by atoms with Gasteiger partial charge in [-0.1, -0.05) is 23.8 Å². The number of hydrogen-bond donors (Lipinski definition) is 1. The molecule has 0 spiro atoms. The first-order chi connectivity index (χ1) is 8.45. The lowest BCUT2D eigenvalue weighted by molar-refractivity contribution is 0.0764. The zero-order chi connectivity index (χ0) is 13.7. The van der Waals surface area contributed by atoms with E-state index in [4.69, 9.17) is 29.6 Å². The van der Waals surface area contributed by atoms with Gasteiger partial charge in [-0.25, -0.2) is 4.39 Å². The van der Waals surface area contributed by atoms with Crippen LogP contribution in [0.2, 0.25) is 5.02 Å². The number of amides is 1. The maximum absolute atomic E-state index is 13.6. The summed E-state index contributed by atoms with van der Waals surface area (Å²) in [7, 11) is 0. The number of nitrogens with two attached hydrogens (primary N) is 1. The second-order valence-corrected chi connectivity index (χ2v) is 4.69. The normalized spacial score (nSPS) is 10.2. The summed E-state index contributed by atoms with van der Waals surface area (Å²) < 4.78 is 13.6. The highest BCUT2D eigenvalue weighted by Gasteiger charge is 2.18. The smallest absolute Gasteiger partial charge is 0.256 e. The van der Waals surface area contributed by atoms with E-state index in [1.807, 2.05) is 6.92 Å². The molecule has 2 N–H and O–H groups in total. The molecule has 0 unspecified atom stereocenters. The first-order valence-corrected chi connectivity index (χ1v) is 6.27. The lowest BCUT2D eigenvalue weighted by Gasteiger charge is -2.20. The minimum atomic E-state index is -0.624. The van der Waals surface area contributed by atoms with E-state index in [0.717, 1.165) is 6.07 Å². The van der Waals surface area contributed by atoms with E-state index in [2.05, 4.69) is 0 Å². The van der Waals surface area contributed by atoms with Crippen LogP contribution in [-0.4, -0.2) is 28.9 Å². The third kappa shape index (κ3) is 3.92. The highest BCUT2D eigenvalue weighted by molar-refractivity contribution is 7.80. The molecule has 3 nitrogen and oxygen atoms in total. The largest absolute Gasteiger partial charge is 0.393 e. The van der Waals surface area contributed by atoms with Crippen molar-refractivity contribution >= 4 is 34.7 Å². The highest BCUT2D eigenvalue weighted by atomic mass is 35.5. The van der Waals surface area contributed by atoms with Crippen molar-refractivity contribution in [2.75, 3.05) is 13.1 Å². The van der Waals surface area contributed by atoms with E-state index in [1.165, 1.54) is 17.0 Å². The minimum absolute atomic E-state index is 0.00388. The third-order valence-corrected chi connectivity index (χ3v) is 2.90. The summed E-state index contributed by atoms with van der Waals surface area (Å²) in [5.74, 6) is -1.01. The van der Waals surface area contributed by atoms with E-state index in [1.54, 1.807) is 0 Å². The molecule has 0 fully saturated rings. The van der Waals surface area contributed by atoms with Crippen molar-refractivity contribution in [3.05, 3.63) is 34.6 Å². The van der Waals surface area contributed by atoms with Gasteiger partial charge in [0.25, 0.3) is 5.91 Å². The minimum Gasteiger partial charge on any atom is -0.393 e. The topological polar surface area (TPSA) is 46.3 Å². The van der Waals surface area contributed by atoms with Gasteiger partial charge in [0, 0.05) is 24.5 Å². The van der Waals surface area contributed by atoms with E-state index in [-0.39, 0.29) is 16.5 Å². The van der Waals surface area contributed by atoms with Crippen LogP contribution in [0.15, 0.2) is 18.2 Å². The van der Waals surface area contributed by atoms with Gasteiger partial charge >= 0.3 is 0 Å². The summed E-state index contributed by atoms with van der Waals surface area (Å²) >= 11 is 10.4. The molecule has 0 heterocycles. The lowest BCUT2D eigenvalue weighted by atomic mass is 10.2. The van der Waals surface area contributed by atoms with E-state index >= 15 is 0 Å². The van der Waals surface area contributed by atoms with Gasteiger partial charge in [-0.05, 0) is 25.1 Å². The summed E-state index contributed by atoms with van der Waals surface area (Å²) in [5.41, 5.74) is 5.39.